The van der Waals surface area contributed by atoms with Crippen LogP contribution in [0.2, 0.25) is 0 Å². The summed E-state index contributed by atoms with van der Waals surface area (Å²) in [7, 11) is -2.17. The average molecular weight is 179 g/mol. The molecule has 0 aliphatic heterocycles. The zero-order valence-corrected chi connectivity index (χ0v) is 14.3. The fraction of sp³-hybridized carbons (Fsp3) is 0. The van der Waals surface area contributed by atoms with E-state index >= 15 is 0 Å². The van der Waals surface area contributed by atoms with Crippen molar-refractivity contribution in [3.63, 3.8) is 0 Å². The van der Waals surface area contributed by atoms with E-state index in [0.29, 0.717) is 0 Å². The molecule has 0 spiro atoms. The van der Waals surface area contributed by atoms with Gasteiger partial charge in [0, 0.05) is 154 Å². The van der Waals surface area contributed by atoms with Crippen LogP contribution in [0.4, 0.5) is 0 Å². The Morgan fingerprint density at radius 1 is 0.714 bits per heavy atom. The zero-order valence-electron chi connectivity index (χ0n) is 4.92. The molecule has 0 bridgehead atoms. The van der Waals surface area contributed by atoms with Gasteiger partial charge in [0.05, 0.1) is 0 Å². The van der Waals surface area contributed by atoms with E-state index in [1.807, 2.05) is 0 Å². The molecule has 7 heavy (non-hydrogen) atoms. The maximum absolute atomic E-state index is 7.17. The summed E-state index contributed by atoms with van der Waals surface area (Å²) in [6.07, 6.45) is 0. The van der Waals surface area contributed by atoms with Crippen LogP contribution < -0.4 is 0 Å². The smallest absolute Gasteiger partial charge is 0.402 e. The van der Waals surface area contributed by atoms with Crippen molar-refractivity contribution >= 4 is 161 Å². The van der Waals surface area contributed by atoms with Crippen LogP contribution in [0.15, 0.2) is 0 Å². The minimum absolute atomic E-state index is 0. The topological polar surface area (TPSA) is 60.7 Å². The van der Waals surface area contributed by atoms with Crippen molar-refractivity contribution in [2.45, 2.75) is 0 Å². The van der Waals surface area contributed by atoms with Gasteiger partial charge in [0.15, 0.2) is 0 Å². The van der Waals surface area contributed by atoms with Crippen LogP contribution in [0.3, 0.4) is 0 Å². The summed E-state index contributed by atoms with van der Waals surface area (Å²) < 4.78 is 0. The molecule has 0 aliphatic carbocycles. The van der Waals surface area contributed by atoms with Gasteiger partial charge in [-0.3, -0.25) is 0 Å². The van der Waals surface area contributed by atoms with Gasteiger partial charge in [-0.1, -0.05) is 0 Å². The summed E-state index contributed by atoms with van der Waals surface area (Å²) in [5, 5.41) is 21.5. The standard InChI is InChI=1S/BH3O3.3K/c2-1(3)4;;;/h2-4H;;;. The Kier molecular flexibility index (Phi) is 55.3. The van der Waals surface area contributed by atoms with E-state index in [0.717, 1.165) is 0 Å². The van der Waals surface area contributed by atoms with Gasteiger partial charge in [-0.15, -0.1) is 0 Å². The van der Waals surface area contributed by atoms with Crippen LogP contribution in [0.5, 0.6) is 0 Å². The summed E-state index contributed by atoms with van der Waals surface area (Å²) in [5.74, 6) is 0. The molecule has 0 unspecified atom stereocenters. The van der Waals surface area contributed by atoms with Gasteiger partial charge in [0.2, 0.25) is 0 Å². The Bertz CT molecular complexity index is 14.9. The molecule has 0 amide bonds. The normalized spacial score (nSPS) is 3.86. The van der Waals surface area contributed by atoms with Gasteiger partial charge >= 0.3 is 7.32 Å². The van der Waals surface area contributed by atoms with Crippen LogP contribution in [0, 0.1) is 0 Å². The molecular weight excluding hydrogens is 176 g/mol. The summed E-state index contributed by atoms with van der Waals surface area (Å²) in [4.78, 5) is 0. The number of rotatable bonds is 0. The van der Waals surface area contributed by atoms with Crippen LogP contribution in [-0.4, -0.2) is 177 Å². The molecular formula is H3BK3O3. The van der Waals surface area contributed by atoms with E-state index in [9.17, 15) is 0 Å². The third-order valence-electron chi connectivity index (χ3n) is 0. The van der Waals surface area contributed by atoms with Gasteiger partial charge in [-0.25, -0.2) is 0 Å². The van der Waals surface area contributed by atoms with Crippen molar-refractivity contribution in [2.75, 3.05) is 0 Å². The molecule has 0 rings (SSSR count). The first-order chi connectivity index (χ1) is 1.73. The maximum atomic E-state index is 7.17. The van der Waals surface area contributed by atoms with Gasteiger partial charge in [0.1, 0.15) is 0 Å². The Morgan fingerprint density at radius 3 is 0.714 bits per heavy atom. The molecule has 27 valence electrons. The van der Waals surface area contributed by atoms with Crippen molar-refractivity contribution in [2.24, 2.45) is 0 Å². The van der Waals surface area contributed by atoms with E-state index in [1.165, 1.54) is 0 Å². The van der Waals surface area contributed by atoms with E-state index in [2.05, 4.69) is 0 Å². The fourth-order valence-corrected chi connectivity index (χ4v) is 0. The molecule has 0 aromatic rings. The molecule has 3 radical (unpaired) electrons. The second-order valence-electron chi connectivity index (χ2n) is 0.346. The Balaban J connectivity index is -0.0000000150. The minimum Gasteiger partial charge on any atom is -0.402 e. The Hall–Kier alpha value is 4.85. The van der Waals surface area contributed by atoms with Gasteiger partial charge < -0.3 is 15.1 Å². The summed E-state index contributed by atoms with van der Waals surface area (Å²) in [6, 6.07) is 0. The molecule has 0 aromatic carbocycles. The van der Waals surface area contributed by atoms with Crippen LogP contribution in [-0.2, 0) is 0 Å². The molecule has 3 nitrogen and oxygen atoms in total. The third kappa shape index (κ3) is 36.1. The zero-order chi connectivity index (χ0) is 3.58. The monoisotopic (exact) mass is 179 g/mol. The minimum atomic E-state index is -2.17. The Morgan fingerprint density at radius 2 is 0.714 bits per heavy atom. The summed E-state index contributed by atoms with van der Waals surface area (Å²) in [6.45, 7) is 0. The van der Waals surface area contributed by atoms with Crippen molar-refractivity contribution < 1.29 is 15.1 Å². The molecule has 7 heteroatoms. The molecule has 0 saturated heterocycles. The first-order valence-electron chi connectivity index (χ1n) is 0.775. The predicted molar refractivity (Wildman–Crippen MR) is 29.7 cm³/mol. The number of hydrogen-bond acceptors (Lipinski definition) is 3. The average Bonchev–Trinajstić information content (AvgIpc) is 0.811. The molecule has 0 aliphatic rings. The van der Waals surface area contributed by atoms with Crippen molar-refractivity contribution in [3.8, 4) is 0 Å². The molecule has 0 heterocycles. The van der Waals surface area contributed by atoms with Gasteiger partial charge in [-0.2, -0.15) is 0 Å². The summed E-state index contributed by atoms with van der Waals surface area (Å²) >= 11 is 0. The first-order valence-corrected chi connectivity index (χ1v) is 0.775. The molecule has 0 fully saturated rings. The van der Waals surface area contributed by atoms with Crippen LogP contribution in [0.25, 0.3) is 0 Å². The first kappa shape index (κ1) is 22.6. The predicted octanol–water partition coefficient (Wildman–Crippen LogP) is -3.19. The second kappa shape index (κ2) is 17.1. The second-order valence-corrected chi connectivity index (χ2v) is 0.346. The third-order valence-corrected chi connectivity index (χ3v) is 0. The quantitative estimate of drug-likeness (QED) is 0.343. The van der Waals surface area contributed by atoms with E-state index in [1.54, 1.807) is 0 Å². The van der Waals surface area contributed by atoms with E-state index in [-0.39, 0.29) is 154 Å². The largest absolute Gasteiger partial charge is 0.631 e. The molecule has 0 aromatic heterocycles. The maximum Gasteiger partial charge on any atom is 0.631 e. The van der Waals surface area contributed by atoms with E-state index in [4.69, 9.17) is 15.1 Å². The van der Waals surface area contributed by atoms with Crippen molar-refractivity contribution in [1.82, 2.24) is 0 Å². The molecule has 0 atom stereocenters. The SMILES string of the molecule is OB(O)O.[K].[K].[K]. The summed E-state index contributed by atoms with van der Waals surface area (Å²) in [5.41, 5.74) is 0. The van der Waals surface area contributed by atoms with Crippen molar-refractivity contribution in [3.05, 3.63) is 0 Å². The Labute approximate surface area is 170 Å². The van der Waals surface area contributed by atoms with Crippen LogP contribution in [0.1, 0.15) is 0 Å². The van der Waals surface area contributed by atoms with Gasteiger partial charge in [0.25, 0.3) is 0 Å². The van der Waals surface area contributed by atoms with Crippen molar-refractivity contribution in [1.29, 1.82) is 0 Å². The number of hydrogen-bond donors (Lipinski definition) is 3. The van der Waals surface area contributed by atoms with Gasteiger partial charge in [-0.05, 0) is 0 Å². The molecule has 3 N–H and O–H groups in total. The molecule has 0 saturated carbocycles. The van der Waals surface area contributed by atoms with E-state index < -0.39 is 7.32 Å². The van der Waals surface area contributed by atoms with Crippen LogP contribution >= 0.6 is 0 Å². The fourth-order valence-electron chi connectivity index (χ4n) is 0.